The van der Waals surface area contributed by atoms with E-state index in [-0.39, 0.29) is 16.8 Å². The Morgan fingerprint density at radius 2 is 2.00 bits per heavy atom. The summed E-state index contributed by atoms with van der Waals surface area (Å²) in [6, 6.07) is 4.94. The molecule has 0 aliphatic rings. The highest BCUT2D eigenvalue weighted by Gasteiger charge is 2.13. The molecule has 1 rings (SSSR count). The number of phenols is 1. The average Bonchev–Trinajstić information content (AvgIpc) is 2.27. The number of nitrogens with one attached hydrogen (secondary N) is 2. The van der Waals surface area contributed by atoms with E-state index in [1.54, 1.807) is 6.07 Å². The number of rotatable bonds is 6. The van der Waals surface area contributed by atoms with E-state index in [1.807, 2.05) is 13.8 Å². The molecule has 0 bridgehead atoms. The highest BCUT2D eigenvalue weighted by Crippen LogP contribution is 2.30. The van der Waals surface area contributed by atoms with E-state index in [1.165, 1.54) is 12.1 Å². The smallest absolute Gasteiger partial charge is 0.229 e. The van der Waals surface area contributed by atoms with Crippen molar-refractivity contribution in [3.05, 3.63) is 23.8 Å². The Kier molecular flexibility index (Phi) is 5.46. The van der Waals surface area contributed by atoms with Gasteiger partial charge in [-0.05, 0) is 17.7 Å². The quantitative estimate of drug-likeness (QED) is 0.555. The van der Waals surface area contributed by atoms with Crippen LogP contribution in [0.1, 0.15) is 24.8 Å². The van der Waals surface area contributed by atoms with Crippen LogP contribution in [0, 0.1) is 0 Å². The maximum absolute atomic E-state index is 11.2. The van der Waals surface area contributed by atoms with Crippen LogP contribution in [-0.2, 0) is 10.0 Å². The first-order chi connectivity index (χ1) is 8.69. The fourth-order valence-corrected chi connectivity index (χ4v) is 2.27. The van der Waals surface area contributed by atoms with Crippen molar-refractivity contribution in [3.8, 4) is 5.75 Å². The van der Waals surface area contributed by atoms with Gasteiger partial charge < -0.3 is 10.4 Å². The number of benzene rings is 1. The summed E-state index contributed by atoms with van der Waals surface area (Å²) in [5.74, 6) is -0.130. The lowest BCUT2D eigenvalue weighted by atomic mass is 10.1. The Balaban J connectivity index is 2.89. The van der Waals surface area contributed by atoms with E-state index in [0.717, 1.165) is 11.8 Å². The highest BCUT2D eigenvalue weighted by atomic mass is 35.5. The summed E-state index contributed by atoms with van der Waals surface area (Å²) in [6.45, 7) is 4.58. The van der Waals surface area contributed by atoms with Gasteiger partial charge in [0.15, 0.2) is 0 Å². The molecule has 1 atom stereocenters. The van der Waals surface area contributed by atoms with E-state index >= 15 is 0 Å². The molecular weight excluding hydrogens is 288 g/mol. The highest BCUT2D eigenvalue weighted by molar-refractivity contribution is 7.92. The molecule has 0 aliphatic carbocycles. The molecule has 19 heavy (non-hydrogen) atoms. The van der Waals surface area contributed by atoms with Crippen LogP contribution in [0.4, 0.5) is 5.69 Å². The average molecular weight is 307 g/mol. The van der Waals surface area contributed by atoms with E-state index in [4.69, 9.17) is 11.6 Å². The summed E-state index contributed by atoms with van der Waals surface area (Å²) in [4.78, 5) is 0. The van der Waals surface area contributed by atoms with E-state index in [2.05, 4.69) is 10.0 Å². The molecule has 1 unspecified atom stereocenters. The molecule has 0 amide bonds. The molecule has 0 saturated heterocycles. The van der Waals surface area contributed by atoms with Crippen molar-refractivity contribution in [2.24, 2.45) is 0 Å². The predicted octanol–water partition coefficient (Wildman–Crippen LogP) is 2.04. The Morgan fingerprint density at radius 3 is 2.53 bits per heavy atom. The number of anilines is 1. The number of hydrogen-bond acceptors (Lipinski definition) is 4. The molecule has 3 N–H and O–H groups in total. The van der Waals surface area contributed by atoms with Crippen LogP contribution in [0.15, 0.2) is 18.2 Å². The van der Waals surface area contributed by atoms with Gasteiger partial charge in [-0.2, -0.15) is 0 Å². The number of aromatic hydroxyl groups is 1. The van der Waals surface area contributed by atoms with Gasteiger partial charge >= 0.3 is 0 Å². The lowest BCUT2D eigenvalue weighted by Gasteiger charge is -2.15. The minimum Gasteiger partial charge on any atom is -0.506 e. The number of sulfonamides is 1. The number of alkyl halides is 1. The first kappa shape index (κ1) is 16.1. The second-order valence-corrected chi connectivity index (χ2v) is 6.96. The van der Waals surface area contributed by atoms with Crippen LogP contribution in [0.5, 0.6) is 5.75 Å². The van der Waals surface area contributed by atoms with Gasteiger partial charge in [0.05, 0.1) is 17.3 Å². The van der Waals surface area contributed by atoms with E-state index < -0.39 is 10.0 Å². The maximum atomic E-state index is 11.2. The van der Waals surface area contributed by atoms with Gasteiger partial charge in [0, 0.05) is 12.6 Å². The third-order valence-electron chi connectivity index (χ3n) is 2.38. The van der Waals surface area contributed by atoms with Crippen molar-refractivity contribution in [1.29, 1.82) is 0 Å². The van der Waals surface area contributed by atoms with Gasteiger partial charge in [-0.1, -0.05) is 19.9 Å². The zero-order chi connectivity index (χ0) is 14.6. The molecule has 0 heterocycles. The Bertz CT molecular complexity index is 532. The van der Waals surface area contributed by atoms with Gasteiger partial charge in [-0.25, -0.2) is 8.42 Å². The summed E-state index contributed by atoms with van der Waals surface area (Å²) in [6.07, 6.45) is 1.03. The minimum absolute atomic E-state index is 0.130. The minimum atomic E-state index is -3.44. The van der Waals surface area contributed by atoms with Crippen LogP contribution in [0.25, 0.3) is 0 Å². The van der Waals surface area contributed by atoms with Gasteiger partial charge in [0.2, 0.25) is 10.0 Å². The monoisotopic (exact) mass is 306 g/mol. The summed E-state index contributed by atoms with van der Waals surface area (Å²) in [7, 11) is -3.44. The van der Waals surface area contributed by atoms with Crippen LogP contribution in [0.2, 0.25) is 0 Å². The molecule has 1 aromatic carbocycles. The largest absolute Gasteiger partial charge is 0.506 e. The van der Waals surface area contributed by atoms with Crippen molar-refractivity contribution >= 4 is 27.3 Å². The number of hydrogen-bond donors (Lipinski definition) is 3. The predicted molar refractivity (Wildman–Crippen MR) is 78.3 cm³/mol. The zero-order valence-electron chi connectivity index (χ0n) is 11.1. The van der Waals surface area contributed by atoms with Crippen LogP contribution in [-0.4, -0.2) is 32.4 Å². The SMILES string of the molecule is CC(C)NCC(Cl)c1ccc(O)c(NS(C)(=O)=O)c1. The van der Waals surface area contributed by atoms with Crippen molar-refractivity contribution in [1.82, 2.24) is 5.32 Å². The molecule has 0 aromatic heterocycles. The molecule has 7 heteroatoms. The molecular formula is C12H19ClN2O3S. The third-order valence-corrected chi connectivity index (χ3v) is 3.38. The van der Waals surface area contributed by atoms with Crippen LogP contribution >= 0.6 is 11.6 Å². The summed E-state index contributed by atoms with van der Waals surface area (Å²) in [5.41, 5.74) is 0.869. The number of phenolic OH excluding ortho intramolecular Hbond substituents is 1. The lowest BCUT2D eigenvalue weighted by molar-refractivity contribution is 0.477. The van der Waals surface area contributed by atoms with Gasteiger partial charge in [0.25, 0.3) is 0 Å². The lowest BCUT2D eigenvalue weighted by Crippen LogP contribution is -2.26. The molecule has 0 saturated carbocycles. The fourth-order valence-electron chi connectivity index (χ4n) is 1.49. The second kappa shape index (κ2) is 6.45. The maximum Gasteiger partial charge on any atom is 0.229 e. The molecule has 0 radical (unpaired) electrons. The van der Waals surface area contributed by atoms with E-state index in [0.29, 0.717) is 12.6 Å². The zero-order valence-corrected chi connectivity index (χ0v) is 12.7. The first-order valence-electron chi connectivity index (χ1n) is 5.87. The third kappa shape index (κ3) is 5.67. The summed E-state index contributed by atoms with van der Waals surface area (Å²) < 4.78 is 24.6. The van der Waals surface area contributed by atoms with Crippen molar-refractivity contribution in [3.63, 3.8) is 0 Å². The van der Waals surface area contributed by atoms with E-state index in [9.17, 15) is 13.5 Å². The fraction of sp³-hybridized carbons (Fsp3) is 0.500. The molecule has 108 valence electrons. The first-order valence-corrected chi connectivity index (χ1v) is 8.20. The van der Waals surface area contributed by atoms with Gasteiger partial charge in [-0.15, -0.1) is 11.6 Å². The van der Waals surface area contributed by atoms with Crippen molar-refractivity contribution in [2.45, 2.75) is 25.3 Å². The second-order valence-electron chi connectivity index (χ2n) is 4.68. The molecule has 0 fully saturated rings. The standard InChI is InChI=1S/C12H19ClN2O3S/c1-8(2)14-7-10(13)9-4-5-12(16)11(6-9)15-19(3,17)18/h4-6,8,10,14-16H,7H2,1-3H3. The molecule has 1 aromatic rings. The molecule has 0 spiro atoms. The summed E-state index contributed by atoms with van der Waals surface area (Å²) in [5, 5.41) is 12.5. The Labute approximate surface area is 119 Å². The molecule has 0 aliphatic heterocycles. The Morgan fingerprint density at radius 1 is 1.37 bits per heavy atom. The van der Waals surface area contributed by atoms with Crippen molar-refractivity contribution < 1.29 is 13.5 Å². The topological polar surface area (TPSA) is 78.4 Å². The van der Waals surface area contributed by atoms with Crippen LogP contribution < -0.4 is 10.0 Å². The number of halogens is 1. The van der Waals surface area contributed by atoms with Gasteiger partial charge in [-0.3, -0.25) is 4.72 Å². The Hall–Kier alpha value is -0.980. The van der Waals surface area contributed by atoms with Crippen LogP contribution in [0.3, 0.4) is 0 Å². The summed E-state index contributed by atoms with van der Waals surface area (Å²) >= 11 is 6.22. The normalized spacial score (nSPS) is 13.5. The van der Waals surface area contributed by atoms with Crippen molar-refractivity contribution in [2.75, 3.05) is 17.5 Å². The van der Waals surface area contributed by atoms with Gasteiger partial charge in [0.1, 0.15) is 5.75 Å². The molecule has 5 nitrogen and oxygen atoms in total.